The summed E-state index contributed by atoms with van der Waals surface area (Å²) in [6, 6.07) is -0.230. The molecule has 104 valence electrons. The number of urea groups is 1. The number of ether oxygens (including phenoxy) is 1. The molecule has 18 heavy (non-hydrogen) atoms. The second kappa shape index (κ2) is 5.56. The highest BCUT2D eigenvalue weighted by molar-refractivity contribution is 5.77. The molecule has 0 radical (unpaired) electrons. The van der Waals surface area contributed by atoms with Crippen molar-refractivity contribution >= 4 is 12.0 Å². The van der Waals surface area contributed by atoms with Gasteiger partial charge in [0.1, 0.15) is 0 Å². The Morgan fingerprint density at radius 3 is 2.28 bits per heavy atom. The van der Waals surface area contributed by atoms with Gasteiger partial charge >= 0.3 is 12.0 Å². The van der Waals surface area contributed by atoms with Crippen molar-refractivity contribution in [3.8, 4) is 0 Å². The molecule has 1 heterocycles. The Hall–Kier alpha value is -1.30. The minimum atomic E-state index is -0.959. The van der Waals surface area contributed by atoms with Gasteiger partial charge in [0.25, 0.3) is 0 Å². The summed E-state index contributed by atoms with van der Waals surface area (Å²) in [5.74, 6) is -0.925. The van der Waals surface area contributed by atoms with Gasteiger partial charge < -0.3 is 20.1 Å². The summed E-state index contributed by atoms with van der Waals surface area (Å²) in [5.41, 5.74) is -0.959. The summed E-state index contributed by atoms with van der Waals surface area (Å²) >= 11 is 0. The molecule has 1 aliphatic rings. The summed E-state index contributed by atoms with van der Waals surface area (Å²) in [7, 11) is 0. The molecule has 0 aromatic carbocycles. The number of amides is 2. The number of aliphatic carboxylic acids is 1. The maximum atomic E-state index is 11.9. The molecular formula is C12H22N2O4. The van der Waals surface area contributed by atoms with Crippen molar-refractivity contribution in [2.75, 3.05) is 19.6 Å². The summed E-state index contributed by atoms with van der Waals surface area (Å²) < 4.78 is 5.53. The van der Waals surface area contributed by atoms with Crippen LogP contribution in [0.2, 0.25) is 0 Å². The number of hydrogen-bond acceptors (Lipinski definition) is 3. The normalized spacial score (nSPS) is 24.8. The lowest BCUT2D eigenvalue weighted by molar-refractivity contribution is -0.146. The van der Waals surface area contributed by atoms with E-state index in [1.54, 1.807) is 18.7 Å². The van der Waals surface area contributed by atoms with Crippen molar-refractivity contribution in [3.63, 3.8) is 0 Å². The smallest absolute Gasteiger partial charge is 0.317 e. The molecule has 2 amide bonds. The maximum Gasteiger partial charge on any atom is 0.317 e. The van der Waals surface area contributed by atoms with Crippen LogP contribution in [-0.2, 0) is 9.53 Å². The van der Waals surface area contributed by atoms with Crippen LogP contribution in [0.3, 0.4) is 0 Å². The summed E-state index contributed by atoms with van der Waals surface area (Å²) in [6.45, 7) is 8.17. The van der Waals surface area contributed by atoms with E-state index in [4.69, 9.17) is 9.84 Å². The fourth-order valence-electron chi connectivity index (χ4n) is 1.83. The molecule has 0 aromatic heterocycles. The first-order valence-electron chi connectivity index (χ1n) is 6.14. The third-order valence-corrected chi connectivity index (χ3v) is 2.97. The van der Waals surface area contributed by atoms with E-state index in [2.05, 4.69) is 5.32 Å². The van der Waals surface area contributed by atoms with Gasteiger partial charge in [-0.1, -0.05) is 0 Å². The fourth-order valence-corrected chi connectivity index (χ4v) is 1.83. The summed E-state index contributed by atoms with van der Waals surface area (Å²) in [4.78, 5) is 24.5. The SMILES string of the molecule is CC1CN(C(=O)NCC(C)(C)C(=O)O)CC(C)O1. The molecule has 6 nitrogen and oxygen atoms in total. The minimum absolute atomic E-state index is 0.00647. The number of carbonyl (C=O) groups is 2. The van der Waals surface area contributed by atoms with Crippen molar-refractivity contribution in [1.29, 1.82) is 0 Å². The van der Waals surface area contributed by atoms with E-state index >= 15 is 0 Å². The van der Waals surface area contributed by atoms with E-state index in [0.29, 0.717) is 13.1 Å². The first-order valence-corrected chi connectivity index (χ1v) is 6.14. The van der Waals surface area contributed by atoms with Gasteiger partial charge in [0.05, 0.1) is 17.6 Å². The minimum Gasteiger partial charge on any atom is -0.481 e. The molecule has 1 aliphatic heterocycles. The van der Waals surface area contributed by atoms with Crippen molar-refractivity contribution in [3.05, 3.63) is 0 Å². The van der Waals surface area contributed by atoms with Crippen LogP contribution in [0.15, 0.2) is 0 Å². The monoisotopic (exact) mass is 258 g/mol. The number of carboxylic acids is 1. The van der Waals surface area contributed by atoms with Crippen LogP contribution in [-0.4, -0.2) is 53.8 Å². The molecule has 1 rings (SSSR count). The predicted octanol–water partition coefficient (Wildman–Crippen LogP) is 0.916. The average Bonchev–Trinajstić information content (AvgIpc) is 2.24. The van der Waals surface area contributed by atoms with Gasteiger partial charge in [-0.2, -0.15) is 0 Å². The van der Waals surface area contributed by atoms with Crippen molar-refractivity contribution in [2.45, 2.75) is 39.9 Å². The van der Waals surface area contributed by atoms with Crippen LogP contribution >= 0.6 is 0 Å². The van der Waals surface area contributed by atoms with Crippen LogP contribution in [0.4, 0.5) is 4.79 Å². The van der Waals surface area contributed by atoms with Crippen LogP contribution in [0.1, 0.15) is 27.7 Å². The highest BCUT2D eigenvalue weighted by Crippen LogP contribution is 2.14. The number of morpholine rings is 1. The Morgan fingerprint density at radius 1 is 1.33 bits per heavy atom. The second-order valence-electron chi connectivity index (χ2n) is 5.51. The quantitative estimate of drug-likeness (QED) is 0.789. The number of carboxylic acid groups (broad SMARTS) is 1. The molecule has 0 saturated carbocycles. The van der Waals surface area contributed by atoms with Gasteiger partial charge in [-0.15, -0.1) is 0 Å². The molecule has 0 aliphatic carbocycles. The van der Waals surface area contributed by atoms with Gasteiger partial charge in [0, 0.05) is 19.6 Å². The highest BCUT2D eigenvalue weighted by Gasteiger charge is 2.30. The van der Waals surface area contributed by atoms with E-state index < -0.39 is 11.4 Å². The highest BCUT2D eigenvalue weighted by atomic mass is 16.5. The average molecular weight is 258 g/mol. The first kappa shape index (κ1) is 14.8. The van der Waals surface area contributed by atoms with Gasteiger partial charge in [-0.05, 0) is 27.7 Å². The third-order valence-electron chi connectivity index (χ3n) is 2.97. The zero-order valence-corrected chi connectivity index (χ0v) is 11.4. The van der Waals surface area contributed by atoms with E-state index in [1.807, 2.05) is 13.8 Å². The molecule has 1 fully saturated rings. The fraction of sp³-hybridized carbons (Fsp3) is 0.833. The molecule has 6 heteroatoms. The lowest BCUT2D eigenvalue weighted by Gasteiger charge is -2.35. The molecule has 0 aromatic rings. The van der Waals surface area contributed by atoms with E-state index in [1.165, 1.54) is 0 Å². The lowest BCUT2D eigenvalue weighted by Crippen LogP contribution is -2.53. The predicted molar refractivity (Wildman–Crippen MR) is 66.4 cm³/mol. The number of nitrogens with zero attached hydrogens (tertiary/aromatic N) is 1. The van der Waals surface area contributed by atoms with Gasteiger partial charge in [0.15, 0.2) is 0 Å². The number of carbonyl (C=O) groups excluding carboxylic acids is 1. The molecular weight excluding hydrogens is 236 g/mol. The summed E-state index contributed by atoms with van der Waals surface area (Å²) in [5, 5.41) is 11.6. The van der Waals surface area contributed by atoms with Crippen LogP contribution < -0.4 is 5.32 Å². The Kier molecular flexibility index (Phi) is 4.56. The Morgan fingerprint density at radius 2 is 1.83 bits per heavy atom. The largest absolute Gasteiger partial charge is 0.481 e. The first-order chi connectivity index (χ1) is 8.22. The zero-order valence-electron chi connectivity index (χ0n) is 11.4. The Bertz CT molecular complexity index is 320. The molecule has 1 saturated heterocycles. The second-order valence-corrected chi connectivity index (χ2v) is 5.51. The van der Waals surface area contributed by atoms with Crippen LogP contribution in [0.5, 0.6) is 0 Å². The zero-order chi connectivity index (χ0) is 13.9. The maximum absolute atomic E-state index is 11.9. The van der Waals surface area contributed by atoms with Crippen molar-refractivity contribution < 1.29 is 19.4 Å². The standard InChI is InChI=1S/C12H22N2O4/c1-8-5-14(6-9(2)18-8)11(17)13-7-12(3,4)10(15)16/h8-9H,5-7H2,1-4H3,(H,13,17)(H,15,16). The summed E-state index contributed by atoms with van der Waals surface area (Å²) in [6.07, 6.45) is 0.0129. The van der Waals surface area contributed by atoms with Crippen molar-refractivity contribution in [2.24, 2.45) is 5.41 Å². The topological polar surface area (TPSA) is 78.9 Å². The van der Waals surface area contributed by atoms with Gasteiger partial charge in [-0.25, -0.2) is 4.79 Å². The molecule has 2 atom stereocenters. The van der Waals surface area contributed by atoms with Gasteiger partial charge in [0.2, 0.25) is 0 Å². The number of nitrogens with one attached hydrogen (secondary N) is 1. The van der Waals surface area contributed by atoms with Crippen LogP contribution in [0, 0.1) is 5.41 Å². The third kappa shape index (κ3) is 3.87. The Balaban J connectivity index is 2.48. The number of rotatable bonds is 3. The lowest BCUT2D eigenvalue weighted by atomic mass is 9.94. The Labute approximate surface area is 107 Å². The molecule has 2 unspecified atom stereocenters. The van der Waals surface area contributed by atoms with Crippen molar-refractivity contribution in [1.82, 2.24) is 10.2 Å². The molecule has 0 bridgehead atoms. The van der Waals surface area contributed by atoms with E-state index in [-0.39, 0.29) is 24.8 Å². The van der Waals surface area contributed by atoms with E-state index in [0.717, 1.165) is 0 Å². The number of hydrogen-bond donors (Lipinski definition) is 2. The van der Waals surface area contributed by atoms with E-state index in [9.17, 15) is 9.59 Å². The van der Waals surface area contributed by atoms with Crippen LogP contribution in [0.25, 0.3) is 0 Å². The molecule has 2 N–H and O–H groups in total. The van der Waals surface area contributed by atoms with Gasteiger partial charge in [-0.3, -0.25) is 4.79 Å². The molecule has 0 spiro atoms.